The number of aliphatic imine (C=N–C) groups is 1. The lowest BCUT2D eigenvalue weighted by Crippen LogP contribution is -2.42. The van der Waals surface area contributed by atoms with E-state index in [-0.39, 0.29) is 24.0 Å². The van der Waals surface area contributed by atoms with Gasteiger partial charge in [-0.05, 0) is 38.3 Å². The van der Waals surface area contributed by atoms with Crippen LogP contribution in [0.3, 0.4) is 0 Å². The number of rotatable bonds is 6. The van der Waals surface area contributed by atoms with E-state index in [1.165, 1.54) is 16.1 Å². The number of hydrogen-bond acceptors (Lipinski definition) is 4. The Bertz CT molecular complexity index is 944. The molecule has 1 amide bonds. The maximum atomic E-state index is 12.0. The molecule has 168 valence electrons. The smallest absolute Gasteiger partial charge is 0.222 e. The van der Waals surface area contributed by atoms with Crippen molar-refractivity contribution in [2.75, 3.05) is 38.1 Å². The maximum Gasteiger partial charge on any atom is 0.222 e. The highest BCUT2D eigenvalue weighted by atomic mass is 127. The first-order valence-electron chi connectivity index (χ1n) is 10.8. The zero-order valence-electron chi connectivity index (χ0n) is 18.6. The number of guanidine groups is 1. The Kier molecular flexibility index (Phi) is 8.32. The number of aryl methyl sites for hydroxylation is 2. The van der Waals surface area contributed by atoms with Gasteiger partial charge in [-0.2, -0.15) is 0 Å². The lowest BCUT2D eigenvalue weighted by atomic mass is 9.98. The van der Waals surface area contributed by atoms with Crippen LogP contribution in [0.2, 0.25) is 0 Å². The van der Waals surface area contributed by atoms with E-state index in [0.717, 1.165) is 62.1 Å². The average Bonchev–Trinajstić information content (AvgIpc) is 3.41. The van der Waals surface area contributed by atoms with Gasteiger partial charge in [0.1, 0.15) is 0 Å². The first-order valence-corrected chi connectivity index (χ1v) is 11.7. The second-order valence-electron chi connectivity index (χ2n) is 8.10. The molecule has 1 N–H and O–H groups in total. The third-order valence-electron chi connectivity index (χ3n) is 6.09. The molecule has 0 bridgehead atoms. The normalized spacial score (nSPS) is 18.4. The van der Waals surface area contributed by atoms with Crippen LogP contribution in [0, 0.1) is 13.8 Å². The van der Waals surface area contributed by atoms with Crippen molar-refractivity contribution in [2.24, 2.45) is 4.99 Å². The minimum Gasteiger partial charge on any atom is -0.356 e. The molecule has 31 heavy (non-hydrogen) atoms. The van der Waals surface area contributed by atoms with Gasteiger partial charge in [0.25, 0.3) is 0 Å². The fraction of sp³-hybridized carbons (Fsp3) is 0.522. The van der Waals surface area contributed by atoms with Gasteiger partial charge < -0.3 is 15.1 Å². The molecule has 1 atom stereocenters. The number of halogens is 1. The summed E-state index contributed by atoms with van der Waals surface area (Å²) >= 11 is 1.78. The summed E-state index contributed by atoms with van der Waals surface area (Å²) in [5.41, 5.74) is 3.73. The standard InChI is InChI=1S/C23H31N5OS.HI/c1-16-21(30-17(2)26-16)10-12-25-23(24-3)28-15-18(19-7-4-5-8-20(19)28)11-14-27-13-6-9-22(27)29;/h4-5,7-8,18H,6,9-15H2,1-3H3,(H,24,25);1H. The molecule has 2 aromatic rings. The van der Waals surface area contributed by atoms with Crippen LogP contribution in [0.25, 0.3) is 0 Å². The molecule has 8 heteroatoms. The summed E-state index contributed by atoms with van der Waals surface area (Å²) in [5.74, 6) is 1.64. The quantitative estimate of drug-likeness (QED) is 0.333. The fourth-order valence-corrected chi connectivity index (χ4v) is 5.52. The van der Waals surface area contributed by atoms with Gasteiger partial charge >= 0.3 is 0 Å². The zero-order valence-corrected chi connectivity index (χ0v) is 21.7. The number of carbonyl (C=O) groups is 1. The van der Waals surface area contributed by atoms with Gasteiger partial charge in [0.15, 0.2) is 5.96 Å². The molecule has 1 aromatic carbocycles. The Morgan fingerprint density at radius 1 is 1.32 bits per heavy atom. The highest BCUT2D eigenvalue weighted by Gasteiger charge is 2.32. The van der Waals surface area contributed by atoms with Gasteiger partial charge in [-0.25, -0.2) is 4.98 Å². The summed E-state index contributed by atoms with van der Waals surface area (Å²) in [6.07, 6.45) is 3.66. The Morgan fingerprint density at radius 3 is 2.81 bits per heavy atom. The topological polar surface area (TPSA) is 60.8 Å². The summed E-state index contributed by atoms with van der Waals surface area (Å²) in [5, 5.41) is 4.68. The number of nitrogens with zero attached hydrogens (tertiary/aromatic N) is 4. The lowest BCUT2D eigenvalue weighted by molar-refractivity contribution is -0.127. The molecule has 1 unspecified atom stereocenters. The van der Waals surface area contributed by atoms with Crippen molar-refractivity contribution in [1.82, 2.24) is 15.2 Å². The van der Waals surface area contributed by atoms with Crippen LogP contribution in [0.1, 0.15) is 46.3 Å². The SMILES string of the molecule is CN=C(NCCc1sc(C)nc1C)N1CC(CCN2CCCC2=O)c2ccccc21.I. The number of anilines is 1. The van der Waals surface area contributed by atoms with E-state index in [0.29, 0.717) is 18.2 Å². The van der Waals surface area contributed by atoms with Gasteiger partial charge in [0, 0.05) is 62.6 Å². The number of hydrogen-bond donors (Lipinski definition) is 1. The van der Waals surface area contributed by atoms with Gasteiger partial charge in [-0.1, -0.05) is 18.2 Å². The maximum absolute atomic E-state index is 12.0. The fourth-order valence-electron chi connectivity index (χ4n) is 4.58. The van der Waals surface area contributed by atoms with Crippen LogP contribution in [-0.4, -0.2) is 55.0 Å². The summed E-state index contributed by atoms with van der Waals surface area (Å²) in [6, 6.07) is 8.61. The zero-order chi connectivity index (χ0) is 21.1. The highest BCUT2D eigenvalue weighted by molar-refractivity contribution is 14.0. The predicted octanol–water partition coefficient (Wildman–Crippen LogP) is 4.11. The molecule has 0 saturated carbocycles. The van der Waals surface area contributed by atoms with Crippen molar-refractivity contribution in [3.05, 3.63) is 45.4 Å². The molecule has 6 nitrogen and oxygen atoms in total. The second-order valence-corrected chi connectivity index (χ2v) is 9.39. The van der Waals surface area contributed by atoms with Crippen molar-refractivity contribution in [3.63, 3.8) is 0 Å². The number of para-hydroxylation sites is 1. The second kappa shape index (κ2) is 10.8. The summed E-state index contributed by atoms with van der Waals surface area (Å²) in [7, 11) is 1.85. The molecule has 0 radical (unpaired) electrons. The molecule has 1 aromatic heterocycles. The van der Waals surface area contributed by atoms with E-state index in [9.17, 15) is 4.79 Å². The monoisotopic (exact) mass is 553 g/mol. The van der Waals surface area contributed by atoms with Crippen LogP contribution >= 0.6 is 35.3 Å². The molecule has 4 rings (SSSR count). The van der Waals surface area contributed by atoms with Crippen molar-refractivity contribution in [2.45, 2.75) is 45.4 Å². The molecule has 0 aliphatic carbocycles. The lowest BCUT2D eigenvalue weighted by Gasteiger charge is -2.23. The molecule has 0 spiro atoms. The Morgan fingerprint density at radius 2 is 2.13 bits per heavy atom. The van der Waals surface area contributed by atoms with Crippen LogP contribution < -0.4 is 10.2 Å². The van der Waals surface area contributed by atoms with E-state index < -0.39 is 0 Å². The summed E-state index contributed by atoms with van der Waals surface area (Å²) in [4.78, 5) is 26.7. The minimum absolute atomic E-state index is 0. The van der Waals surface area contributed by atoms with Crippen LogP contribution in [0.5, 0.6) is 0 Å². The van der Waals surface area contributed by atoms with Crippen molar-refractivity contribution >= 4 is 52.9 Å². The molecule has 1 saturated heterocycles. The van der Waals surface area contributed by atoms with Gasteiger partial charge in [0.2, 0.25) is 5.91 Å². The third-order valence-corrected chi connectivity index (χ3v) is 7.22. The van der Waals surface area contributed by atoms with Crippen LogP contribution in [-0.2, 0) is 11.2 Å². The first kappa shape index (κ1) is 24.0. The van der Waals surface area contributed by atoms with Crippen LogP contribution in [0.15, 0.2) is 29.3 Å². The number of likely N-dealkylation sites (tertiary alicyclic amines) is 1. The Labute approximate surface area is 206 Å². The van der Waals surface area contributed by atoms with Gasteiger partial charge in [-0.15, -0.1) is 35.3 Å². The molecule has 2 aliphatic heterocycles. The van der Waals surface area contributed by atoms with E-state index in [1.807, 2.05) is 11.9 Å². The number of carbonyl (C=O) groups excluding carboxylic acids is 1. The molecule has 3 heterocycles. The van der Waals surface area contributed by atoms with Crippen molar-refractivity contribution in [1.29, 1.82) is 0 Å². The number of amides is 1. The van der Waals surface area contributed by atoms with E-state index in [2.05, 4.69) is 58.3 Å². The van der Waals surface area contributed by atoms with E-state index >= 15 is 0 Å². The summed E-state index contributed by atoms with van der Waals surface area (Å²) < 4.78 is 0. The number of thiazole rings is 1. The summed E-state index contributed by atoms with van der Waals surface area (Å²) in [6.45, 7) is 7.64. The van der Waals surface area contributed by atoms with E-state index in [4.69, 9.17) is 0 Å². The molecule has 2 aliphatic rings. The first-order chi connectivity index (χ1) is 14.6. The third kappa shape index (κ3) is 5.39. The van der Waals surface area contributed by atoms with Crippen molar-refractivity contribution < 1.29 is 4.79 Å². The van der Waals surface area contributed by atoms with Crippen LogP contribution in [0.4, 0.5) is 5.69 Å². The predicted molar refractivity (Wildman–Crippen MR) is 139 cm³/mol. The van der Waals surface area contributed by atoms with Crippen molar-refractivity contribution in [3.8, 4) is 0 Å². The average molecular weight is 554 g/mol. The number of nitrogens with one attached hydrogen (secondary N) is 1. The Hall–Kier alpha value is -1.68. The van der Waals surface area contributed by atoms with Gasteiger partial charge in [0.05, 0.1) is 10.7 Å². The highest BCUT2D eigenvalue weighted by Crippen LogP contribution is 2.38. The minimum atomic E-state index is 0. The number of aromatic nitrogens is 1. The number of fused-ring (bicyclic) bond motifs is 1. The van der Waals surface area contributed by atoms with Gasteiger partial charge in [-0.3, -0.25) is 9.79 Å². The molecular weight excluding hydrogens is 521 g/mol. The van der Waals surface area contributed by atoms with E-state index in [1.54, 1.807) is 11.3 Å². The molecular formula is C23H32IN5OS. The Balaban J connectivity index is 0.00000272. The number of benzene rings is 1. The largest absolute Gasteiger partial charge is 0.356 e. The molecule has 1 fully saturated rings.